The number of nitrogens with zero attached hydrogens (tertiary/aromatic N) is 3. The normalized spacial score (nSPS) is 17.5. The molecule has 2 aromatic carbocycles. The molecular formula is C26H21N3O4S. The summed E-state index contributed by atoms with van der Waals surface area (Å²) in [7, 11) is 1.55. The minimum atomic E-state index is -0.863. The Hall–Kier alpha value is -4.04. The topological polar surface area (TPSA) is 92.6 Å². The fourth-order valence-corrected chi connectivity index (χ4v) is 5.42. The first-order valence-corrected chi connectivity index (χ1v) is 11.4. The summed E-state index contributed by atoms with van der Waals surface area (Å²) in [5, 5.41) is 11.6. The van der Waals surface area contributed by atoms with Crippen molar-refractivity contribution >= 4 is 44.1 Å². The van der Waals surface area contributed by atoms with Crippen molar-refractivity contribution in [3.63, 3.8) is 0 Å². The van der Waals surface area contributed by atoms with Crippen LogP contribution in [0.5, 0.6) is 5.75 Å². The number of aryl methyl sites for hydroxylation is 2. The summed E-state index contributed by atoms with van der Waals surface area (Å²) >= 11 is 1.34. The number of Topliss-reactive ketones (excluding diaryl/α,β-unsaturated/α-hetero) is 1. The van der Waals surface area contributed by atoms with Crippen LogP contribution in [-0.2, 0) is 9.59 Å². The molecule has 5 rings (SSSR count). The van der Waals surface area contributed by atoms with Gasteiger partial charge in [0, 0.05) is 18.0 Å². The third kappa shape index (κ3) is 3.52. The molecular weight excluding hydrogens is 450 g/mol. The molecule has 1 fully saturated rings. The van der Waals surface area contributed by atoms with Gasteiger partial charge in [-0.1, -0.05) is 23.5 Å². The first-order valence-electron chi connectivity index (χ1n) is 10.6. The Morgan fingerprint density at radius 3 is 2.56 bits per heavy atom. The Morgan fingerprint density at radius 2 is 1.88 bits per heavy atom. The van der Waals surface area contributed by atoms with Gasteiger partial charge in [-0.05, 0) is 66.9 Å². The molecule has 1 aliphatic heterocycles. The zero-order valence-electron chi connectivity index (χ0n) is 18.8. The lowest BCUT2D eigenvalue weighted by atomic mass is 9.96. The van der Waals surface area contributed by atoms with Gasteiger partial charge in [-0.15, -0.1) is 0 Å². The molecule has 34 heavy (non-hydrogen) atoms. The van der Waals surface area contributed by atoms with Crippen LogP contribution in [0.25, 0.3) is 16.0 Å². The number of ether oxygens (including phenoxy) is 1. The number of fused-ring (bicyclic) bond motifs is 1. The van der Waals surface area contributed by atoms with Crippen molar-refractivity contribution in [2.75, 3.05) is 12.0 Å². The summed E-state index contributed by atoms with van der Waals surface area (Å²) in [4.78, 5) is 36.9. The molecule has 3 heterocycles. The molecule has 170 valence electrons. The van der Waals surface area contributed by atoms with Crippen molar-refractivity contribution in [3.05, 3.63) is 88.8 Å². The standard InChI is InChI=1S/C26H21N3O4S/c1-14-11-15(2)21-19(12-14)34-26(28-21)29-22(17-5-4-10-27-13-17)20(24(31)25(29)32)23(30)16-6-8-18(33-3)9-7-16/h4-13,22,30H,1-3H3/b23-20+. The smallest absolute Gasteiger partial charge is 0.301 e. The number of carbonyl (C=O) groups is 2. The van der Waals surface area contributed by atoms with Gasteiger partial charge in [0.15, 0.2) is 5.13 Å². The summed E-state index contributed by atoms with van der Waals surface area (Å²) < 4.78 is 6.11. The number of anilines is 1. The molecule has 4 aromatic rings. The zero-order valence-corrected chi connectivity index (χ0v) is 19.6. The average molecular weight is 472 g/mol. The van der Waals surface area contributed by atoms with Crippen LogP contribution in [0.2, 0.25) is 0 Å². The van der Waals surface area contributed by atoms with Gasteiger partial charge in [0.1, 0.15) is 11.5 Å². The molecule has 0 bridgehead atoms. The number of aromatic nitrogens is 2. The minimum absolute atomic E-state index is 0.00433. The highest BCUT2D eigenvalue weighted by Crippen LogP contribution is 2.44. The Morgan fingerprint density at radius 1 is 1.12 bits per heavy atom. The summed E-state index contributed by atoms with van der Waals surface area (Å²) in [6, 6.07) is 13.3. The monoisotopic (exact) mass is 471 g/mol. The third-order valence-corrected chi connectivity index (χ3v) is 6.83. The number of rotatable bonds is 4. The molecule has 8 heteroatoms. The van der Waals surface area contributed by atoms with Crippen LogP contribution in [-0.4, -0.2) is 33.9 Å². The van der Waals surface area contributed by atoms with Crippen LogP contribution in [0.4, 0.5) is 5.13 Å². The average Bonchev–Trinajstić information content (AvgIpc) is 3.38. The maximum Gasteiger partial charge on any atom is 0.301 e. The number of hydrogen-bond acceptors (Lipinski definition) is 7. The van der Waals surface area contributed by atoms with Crippen LogP contribution in [0, 0.1) is 13.8 Å². The van der Waals surface area contributed by atoms with E-state index in [1.54, 1.807) is 55.9 Å². The molecule has 7 nitrogen and oxygen atoms in total. The highest BCUT2D eigenvalue weighted by Gasteiger charge is 2.48. The quantitative estimate of drug-likeness (QED) is 0.257. The second kappa shape index (κ2) is 8.39. The summed E-state index contributed by atoms with van der Waals surface area (Å²) in [6.07, 6.45) is 3.20. The number of pyridine rings is 1. The largest absolute Gasteiger partial charge is 0.507 e. The molecule has 1 N–H and O–H groups in total. The molecule has 0 spiro atoms. The van der Waals surface area contributed by atoms with Crippen molar-refractivity contribution in [3.8, 4) is 5.75 Å². The van der Waals surface area contributed by atoms with Crippen LogP contribution in [0.3, 0.4) is 0 Å². The van der Waals surface area contributed by atoms with Gasteiger partial charge in [-0.2, -0.15) is 0 Å². The maximum atomic E-state index is 13.3. The number of ketones is 1. The van der Waals surface area contributed by atoms with Crippen molar-refractivity contribution in [2.24, 2.45) is 0 Å². The Bertz CT molecular complexity index is 1460. The third-order valence-electron chi connectivity index (χ3n) is 5.83. The number of methoxy groups -OCH3 is 1. The van der Waals surface area contributed by atoms with E-state index >= 15 is 0 Å². The van der Waals surface area contributed by atoms with Crippen LogP contribution < -0.4 is 9.64 Å². The van der Waals surface area contributed by atoms with Gasteiger partial charge in [0.05, 0.1) is 28.9 Å². The Labute approximate surface area is 200 Å². The van der Waals surface area contributed by atoms with Crippen molar-refractivity contribution < 1.29 is 19.4 Å². The SMILES string of the molecule is COc1ccc(/C(O)=C2\C(=O)C(=O)N(c3nc4c(C)cc(C)cc4s3)C2c2cccnc2)cc1. The van der Waals surface area contributed by atoms with Crippen LogP contribution in [0.15, 0.2) is 66.5 Å². The van der Waals surface area contributed by atoms with E-state index in [1.807, 2.05) is 26.0 Å². The van der Waals surface area contributed by atoms with E-state index in [9.17, 15) is 14.7 Å². The van der Waals surface area contributed by atoms with E-state index in [1.165, 1.54) is 16.2 Å². The number of hydrogen-bond donors (Lipinski definition) is 1. The van der Waals surface area contributed by atoms with Gasteiger partial charge in [-0.3, -0.25) is 19.5 Å². The van der Waals surface area contributed by atoms with Gasteiger partial charge in [0.25, 0.3) is 5.78 Å². The molecule has 2 aromatic heterocycles. The number of aliphatic hydroxyl groups is 1. The van der Waals surface area contributed by atoms with Gasteiger partial charge >= 0.3 is 5.91 Å². The number of benzene rings is 2. The van der Waals surface area contributed by atoms with Gasteiger partial charge in [0.2, 0.25) is 0 Å². The maximum absolute atomic E-state index is 13.3. The highest BCUT2D eigenvalue weighted by molar-refractivity contribution is 7.22. The van der Waals surface area contributed by atoms with E-state index in [4.69, 9.17) is 9.72 Å². The fourth-order valence-electron chi connectivity index (χ4n) is 4.25. The number of amides is 1. The van der Waals surface area contributed by atoms with Crippen LogP contribution >= 0.6 is 11.3 Å². The predicted octanol–water partition coefficient (Wildman–Crippen LogP) is 4.94. The molecule has 1 saturated heterocycles. The number of aliphatic hydroxyl groups excluding tert-OH is 1. The number of thiazole rings is 1. The molecule has 0 aliphatic carbocycles. The minimum Gasteiger partial charge on any atom is -0.507 e. The molecule has 1 aliphatic rings. The van der Waals surface area contributed by atoms with Crippen molar-refractivity contribution in [1.29, 1.82) is 0 Å². The van der Waals surface area contributed by atoms with E-state index in [-0.39, 0.29) is 11.3 Å². The Balaban J connectivity index is 1.71. The summed E-state index contributed by atoms with van der Waals surface area (Å²) in [5.41, 5.74) is 3.87. The lowest BCUT2D eigenvalue weighted by Crippen LogP contribution is -2.29. The second-order valence-electron chi connectivity index (χ2n) is 8.11. The van der Waals surface area contributed by atoms with E-state index < -0.39 is 17.7 Å². The molecule has 1 unspecified atom stereocenters. The van der Waals surface area contributed by atoms with Crippen molar-refractivity contribution in [1.82, 2.24) is 9.97 Å². The fraction of sp³-hybridized carbons (Fsp3) is 0.154. The van der Waals surface area contributed by atoms with E-state index in [0.29, 0.717) is 22.0 Å². The lowest BCUT2D eigenvalue weighted by molar-refractivity contribution is -0.132. The molecule has 0 saturated carbocycles. The second-order valence-corrected chi connectivity index (χ2v) is 9.12. The van der Waals surface area contributed by atoms with E-state index in [0.717, 1.165) is 21.3 Å². The first kappa shape index (κ1) is 21.8. The Kier molecular flexibility index (Phi) is 5.37. The summed E-state index contributed by atoms with van der Waals surface area (Å²) in [5.74, 6) is -1.15. The zero-order chi connectivity index (χ0) is 24.0. The number of carbonyl (C=O) groups excluding carboxylic acids is 2. The molecule has 1 amide bonds. The summed E-state index contributed by atoms with van der Waals surface area (Å²) in [6.45, 7) is 3.97. The highest BCUT2D eigenvalue weighted by atomic mass is 32.1. The predicted molar refractivity (Wildman–Crippen MR) is 131 cm³/mol. The molecule has 1 atom stereocenters. The van der Waals surface area contributed by atoms with Crippen molar-refractivity contribution in [2.45, 2.75) is 19.9 Å². The lowest BCUT2D eigenvalue weighted by Gasteiger charge is -2.22. The van der Waals surface area contributed by atoms with Gasteiger partial charge < -0.3 is 9.84 Å². The van der Waals surface area contributed by atoms with Gasteiger partial charge in [-0.25, -0.2) is 4.98 Å². The first-order chi connectivity index (χ1) is 16.4. The molecule has 0 radical (unpaired) electrons. The van der Waals surface area contributed by atoms with E-state index in [2.05, 4.69) is 4.98 Å². The van der Waals surface area contributed by atoms with Crippen LogP contribution in [0.1, 0.15) is 28.3 Å².